The fourth-order valence-electron chi connectivity index (χ4n) is 3.62. The molecule has 2 aliphatic carbocycles. The number of fused-ring (bicyclic) bond motifs is 5. The van der Waals surface area contributed by atoms with Crippen LogP contribution in [-0.4, -0.2) is 23.2 Å². The number of aliphatic hydroxyl groups is 1. The van der Waals surface area contributed by atoms with E-state index in [1.807, 2.05) is 0 Å². The molecule has 5 atom stereocenters. The van der Waals surface area contributed by atoms with Crippen LogP contribution in [0.15, 0.2) is 0 Å². The Labute approximate surface area is 77.5 Å². The van der Waals surface area contributed by atoms with E-state index in [9.17, 15) is 9.90 Å². The van der Waals surface area contributed by atoms with E-state index in [-0.39, 0.29) is 12.0 Å². The molecule has 0 radical (unpaired) electrons. The third-order valence-electron chi connectivity index (χ3n) is 4.17. The molecule has 0 aromatic heterocycles. The Balaban J connectivity index is 1.85. The average molecular weight is 181 g/mol. The van der Waals surface area contributed by atoms with E-state index in [1.165, 1.54) is 0 Å². The molecule has 2 saturated carbocycles. The molecule has 13 heavy (non-hydrogen) atoms. The lowest BCUT2D eigenvalue weighted by Crippen LogP contribution is -2.51. The quantitative estimate of drug-likeness (QED) is 0.564. The Morgan fingerprint density at radius 1 is 1.31 bits per heavy atom. The molecule has 72 valence electrons. The third-order valence-corrected chi connectivity index (χ3v) is 4.17. The van der Waals surface area contributed by atoms with Crippen molar-refractivity contribution >= 4 is 5.91 Å². The number of hydrogen-bond donors (Lipinski definition) is 2. The van der Waals surface area contributed by atoms with Gasteiger partial charge in [0.1, 0.15) is 0 Å². The Morgan fingerprint density at radius 3 is 3.00 bits per heavy atom. The summed E-state index contributed by atoms with van der Waals surface area (Å²) in [5.74, 6) is 1.90. The molecule has 2 bridgehead atoms. The van der Waals surface area contributed by atoms with Crippen LogP contribution >= 0.6 is 0 Å². The van der Waals surface area contributed by atoms with Crippen molar-refractivity contribution in [3.8, 4) is 0 Å². The molecule has 3 nitrogen and oxygen atoms in total. The van der Waals surface area contributed by atoms with E-state index in [4.69, 9.17) is 0 Å². The Kier molecular flexibility index (Phi) is 1.48. The van der Waals surface area contributed by atoms with Crippen molar-refractivity contribution < 1.29 is 9.90 Å². The van der Waals surface area contributed by atoms with Gasteiger partial charge >= 0.3 is 0 Å². The average Bonchev–Trinajstić information content (AvgIpc) is 2.60. The highest BCUT2D eigenvalue weighted by Crippen LogP contribution is 2.51. The first-order valence-electron chi connectivity index (χ1n) is 5.23. The summed E-state index contributed by atoms with van der Waals surface area (Å²) in [6.07, 6.45) is 3.70. The molecule has 1 amide bonds. The first-order chi connectivity index (χ1) is 6.25. The van der Waals surface area contributed by atoms with E-state index >= 15 is 0 Å². The minimum absolute atomic E-state index is 0.148. The largest absolute Gasteiger partial charge is 0.393 e. The van der Waals surface area contributed by atoms with Gasteiger partial charge in [0, 0.05) is 18.4 Å². The van der Waals surface area contributed by atoms with Gasteiger partial charge in [-0.3, -0.25) is 4.79 Å². The molecule has 1 aliphatic heterocycles. The second-order valence-corrected chi connectivity index (χ2v) is 4.76. The second-order valence-electron chi connectivity index (χ2n) is 4.76. The van der Waals surface area contributed by atoms with E-state index in [2.05, 4.69) is 5.32 Å². The number of hydrogen-bond acceptors (Lipinski definition) is 2. The van der Waals surface area contributed by atoms with Gasteiger partial charge in [-0.1, -0.05) is 0 Å². The van der Waals surface area contributed by atoms with Crippen LogP contribution in [0.4, 0.5) is 0 Å². The Bertz CT molecular complexity index is 251. The molecule has 1 heterocycles. The zero-order valence-electron chi connectivity index (χ0n) is 7.57. The topological polar surface area (TPSA) is 49.3 Å². The summed E-state index contributed by atoms with van der Waals surface area (Å²) in [4.78, 5) is 11.2. The van der Waals surface area contributed by atoms with Crippen LogP contribution in [0.3, 0.4) is 0 Å². The third kappa shape index (κ3) is 0.966. The molecule has 1 saturated heterocycles. The van der Waals surface area contributed by atoms with Crippen molar-refractivity contribution in [1.29, 1.82) is 0 Å². The summed E-state index contributed by atoms with van der Waals surface area (Å²) >= 11 is 0. The van der Waals surface area contributed by atoms with Crippen molar-refractivity contribution in [3.63, 3.8) is 0 Å². The SMILES string of the molecule is O=C1CC[C@H]2[C@@H]3C[C@H]([C@H]2N1)[C@@H](O)C3. The van der Waals surface area contributed by atoms with Gasteiger partial charge in [0.2, 0.25) is 5.91 Å². The van der Waals surface area contributed by atoms with Gasteiger partial charge in [0.25, 0.3) is 0 Å². The second kappa shape index (κ2) is 2.47. The molecule has 0 aromatic rings. The van der Waals surface area contributed by atoms with Crippen molar-refractivity contribution in [1.82, 2.24) is 5.32 Å². The number of carbonyl (C=O) groups excluding carboxylic acids is 1. The molecule has 2 N–H and O–H groups in total. The standard InChI is InChI=1S/C10H15NO2/c12-8-4-5-3-7(8)10-6(5)1-2-9(13)11-10/h5-8,10,12H,1-4H2,(H,11,13)/t5-,6+,7+,8+,10+/m1/s1. The lowest BCUT2D eigenvalue weighted by atomic mass is 9.78. The van der Waals surface area contributed by atoms with Crippen LogP contribution in [0.2, 0.25) is 0 Å². The predicted molar refractivity (Wildman–Crippen MR) is 46.9 cm³/mol. The molecule has 3 heteroatoms. The first kappa shape index (κ1) is 7.80. The lowest BCUT2D eigenvalue weighted by molar-refractivity contribution is -0.125. The maximum Gasteiger partial charge on any atom is 0.220 e. The number of rotatable bonds is 0. The highest BCUT2D eigenvalue weighted by atomic mass is 16.3. The van der Waals surface area contributed by atoms with Crippen molar-refractivity contribution in [2.75, 3.05) is 0 Å². The number of nitrogens with one attached hydrogen (secondary N) is 1. The summed E-state index contributed by atoms with van der Waals surface area (Å²) in [7, 11) is 0. The van der Waals surface area contributed by atoms with Gasteiger partial charge in [-0.2, -0.15) is 0 Å². The maximum atomic E-state index is 11.2. The van der Waals surface area contributed by atoms with Crippen LogP contribution in [0.1, 0.15) is 25.7 Å². The monoisotopic (exact) mass is 181 g/mol. The van der Waals surface area contributed by atoms with Gasteiger partial charge in [-0.15, -0.1) is 0 Å². The zero-order chi connectivity index (χ0) is 9.00. The number of piperidine rings is 1. The van der Waals surface area contributed by atoms with Crippen molar-refractivity contribution in [3.05, 3.63) is 0 Å². The van der Waals surface area contributed by atoms with Gasteiger partial charge in [-0.25, -0.2) is 0 Å². The minimum atomic E-state index is -0.148. The van der Waals surface area contributed by atoms with E-state index < -0.39 is 0 Å². The Hall–Kier alpha value is -0.570. The van der Waals surface area contributed by atoms with Crippen LogP contribution in [-0.2, 0) is 4.79 Å². The summed E-state index contributed by atoms with van der Waals surface area (Å²) < 4.78 is 0. The van der Waals surface area contributed by atoms with Crippen LogP contribution in [0, 0.1) is 17.8 Å². The molecular formula is C10H15NO2. The van der Waals surface area contributed by atoms with E-state index in [0.717, 1.165) is 19.3 Å². The highest BCUT2D eigenvalue weighted by molar-refractivity contribution is 5.77. The minimum Gasteiger partial charge on any atom is -0.393 e. The fourth-order valence-corrected chi connectivity index (χ4v) is 3.62. The van der Waals surface area contributed by atoms with E-state index in [0.29, 0.717) is 30.2 Å². The summed E-state index contributed by atoms with van der Waals surface area (Å²) in [5, 5.41) is 12.7. The zero-order valence-corrected chi connectivity index (χ0v) is 7.57. The van der Waals surface area contributed by atoms with Gasteiger partial charge in [0.05, 0.1) is 6.10 Å². The summed E-state index contributed by atoms with van der Waals surface area (Å²) in [6, 6.07) is 0.301. The fraction of sp³-hybridized carbons (Fsp3) is 0.900. The van der Waals surface area contributed by atoms with Crippen molar-refractivity contribution in [2.45, 2.75) is 37.8 Å². The predicted octanol–water partition coefficient (Wildman–Crippen LogP) is 0.282. The summed E-state index contributed by atoms with van der Waals surface area (Å²) in [6.45, 7) is 0. The smallest absolute Gasteiger partial charge is 0.220 e. The molecule has 0 aromatic carbocycles. The van der Waals surface area contributed by atoms with Gasteiger partial charge < -0.3 is 10.4 Å². The highest BCUT2D eigenvalue weighted by Gasteiger charge is 2.53. The van der Waals surface area contributed by atoms with Crippen molar-refractivity contribution in [2.24, 2.45) is 17.8 Å². The van der Waals surface area contributed by atoms with Crippen LogP contribution < -0.4 is 5.32 Å². The summed E-state index contributed by atoms with van der Waals surface area (Å²) in [5.41, 5.74) is 0. The molecular weight excluding hydrogens is 166 g/mol. The van der Waals surface area contributed by atoms with Gasteiger partial charge in [0.15, 0.2) is 0 Å². The Morgan fingerprint density at radius 2 is 2.15 bits per heavy atom. The maximum absolute atomic E-state index is 11.2. The first-order valence-corrected chi connectivity index (χ1v) is 5.23. The molecule has 3 rings (SSSR count). The van der Waals surface area contributed by atoms with Gasteiger partial charge in [-0.05, 0) is 31.1 Å². The molecule has 0 unspecified atom stereocenters. The molecule has 3 fully saturated rings. The number of amides is 1. The van der Waals surface area contributed by atoms with E-state index in [1.54, 1.807) is 0 Å². The van der Waals surface area contributed by atoms with Crippen LogP contribution in [0.25, 0.3) is 0 Å². The normalized spacial score (nSPS) is 53.3. The number of carbonyl (C=O) groups is 1. The lowest BCUT2D eigenvalue weighted by Gasteiger charge is -2.37. The van der Waals surface area contributed by atoms with Crippen LogP contribution in [0.5, 0.6) is 0 Å². The molecule has 0 spiro atoms. The number of aliphatic hydroxyl groups excluding tert-OH is 1. The molecule has 3 aliphatic rings.